The van der Waals surface area contributed by atoms with E-state index < -0.39 is 12.0 Å². The summed E-state index contributed by atoms with van der Waals surface area (Å²) in [5, 5.41) is 4.32. The molecule has 0 fully saturated rings. The SMILES string of the molecule is COC(=O)[C@H]1Cc2ccccc2N1C(=O)Cn1nc(C)cc1C. The summed E-state index contributed by atoms with van der Waals surface area (Å²) in [7, 11) is 1.34. The average molecular weight is 313 g/mol. The van der Waals surface area contributed by atoms with Gasteiger partial charge in [-0.3, -0.25) is 14.4 Å². The molecule has 6 heteroatoms. The first-order valence-corrected chi connectivity index (χ1v) is 7.50. The van der Waals surface area contributed by atoms with Crippen LogP contribution in [-0.4, -0.2) is 34.8 Å². The molecular formula is C17H19N3O3. The number of para-hydroxylation sites is 1. The smallest absolute Gasteiger partial charge is 0.329 e. The van der Waals surface area contributed by atoms with Crippen LogP contribution in [0, 0.1) is 13.8 Å². The lowest BCUT2D eigenvalue weighted by molar-refractivity contribution is -0.143. The standard InChI is InChI=1S/C17H19N3O3/c1-11-8-12(2)19(18-11)10-16(21)20-14-7-5-4-6-13(14)9-15(20)17(22)23-3/h4-8,15H,9-10H2,1-3H3/t15-/m1/s1. The van der Waals surface area contributed by atoms with Crippen LogP contribution < -0.4 is 4.90 Å². The summed E-state index contributed by atoms with van der Waals surface area (Å²) in [5.74, 6) is -0.570. The number of methoxy groups -OCH3 is 1. The van der Waals surface area contributed by atoms with Gasteiger partial charge in [0.2, 0.25) is 5.91 Å². The minimum atomic E-state index is -0.609. The monoisotopic (exact) mass is 313 g/mol. The second-order valence-corrected chi connectivity index (χ2v) is 5.72. The van der Waals surface area contributed by atoms with E-state index in [1.165, 1.54) is 12.0 Å². The highest BCUT2D eigenvalue weighted by Gasteiger charge is 2.38. The van der Waals surface area contributed by atoms with Gasteiger partial charge in [-0.25, -0.2) is 4.79 Å². The highest BCUT2D eigenvalue weighted by Crippen LogP contribution is 2.32. The summed E-state index contributed by atoms with van der Waals surface area (Å²) in [4.78, 5) is 26.4. The molecule has 0 radical (unpaired) electrons. The number of carbonyl (C=O) groups is 2. The highest BCUT2D eigenvalue weighted by molar-refractivity contribution is 6.02. The number of fused-ring (bicyclic) bond motifs is 1. The van der Waals surface area contributed by atoms with Crippen LogP contribution in [0.2, 0.25) is 0 Å². The van der Waals surface area contributed by atoms with E-state index >= 15 is 0 Å². The number of amides is 1. The zero-order chi connectivity index (χ0) is 16.6. The van der Waals surface area contributed by atoms with Crippen LogP contribution >= 0.6 is 0 Å². The molecule has 1 amide bonds. The van der Waals surface area contributed by atoms with Crippen LogP contribution in [0.3, 0.4) is 0 Å². The molecule has 2 aromatic rings. The van der Waals surface area contributed by atoms with E-state index in [1.807, 2.05) is 44.2 Å². The molecule has 1 aromatic heterocycles. The van der Waals surface area contributed by atoms with Crippen LogP contribution in [0.4, 0.5) is 5.69 Å². The number of hydrogen-bond acceptors (Lipinski definition) is 4. The number of benzene rings is 1. The van der Waals surface area contributed by atoms with Crippen molar-refractivity contribution in [3.8, 4) is 0 Å². The van der Waals surface area contributed by atoms with Gasteiger partial charge in [-0.15, -0.1) is 0 Å². The molecule has 0 saturated carbocycles. The number of esters is 1. The first-order chi connectivity index (χ1) is 11.0. The number of ether oxygens (including phenoxy) is 1. The lowest BCUT2D eigenvalue weighted by atomic mass is 10.1. The van der Waals surface area contributed by atoms with Gasteiger partial charge in [0.05, 0.1) is 12.8 Å². The Bertz CT molecular complexity index is 766. The summed E-state index contributed by atoms with van der Waals surface area (Å²) in [5.41, 5.74) is 3.53. The predicted molar refractivity (Wildman–Crippen MR) is 85.1 cm³/mol. The Labute approximate surface area is 134 Å². The summed E-state index contributed by atoms with van der Waals surface area (Å²) < 4.78 is 6.53. The van der Waals surface area contributed by atoms with Gasteiger partial charge >= 0.3 is 5.97 Å². The van der Waals surface area contributed by atoms with E-state index in [0.717, 1.165) is 22.6 Å². The van der Waals surface area contributed by atoms with Gasteiger partial charge in [-0.2, -0.15) is 5.10 Å². The lowest BCUT2D eigenvalue weighted by Crippen LogP contribution is -2.45. The molecule has 23 heavy (non-hydrogen) atoms. The third kappa shape index (κ3) is 2.72. The highest BCUT2D eigenvalue weighted by atomic mass is 16.5. The van der Waals surface area contributed by atoms with E-state index in [-0.39, 0.29) is 12.5 Å². The van der Waals surface area contributed by atoms with Crippen LogP contribution in [0.15, 0.2) is 30.3 Å². The minimum Gasteiger partial charge on any atom is -0.467 e. The van der Waals surface area contributed by atoms with Crippen molar-refractivity contribution in [3.63, 3.8) is 0 Å². The zero-order valence-electron chi connectivity index (χ0n) is 13.4. The van der Waals surface area contributed by atoms with E-state index in [0.29, 0.717) is 6.42 Å². The molecule has 1 atom stereocenters. The summed E-state index contributed by atoms with van der Waals surface area (Å²) in [6.07, 6.45) is 0.478. The van der Waals surface area contributed by atoms with Gasteiger partial charge in [-0.05, 0) is 31.5 Å². The Morgan fingerprint density at radius 3 is 2.70 bits per heavy atom. The maximum absolute atomic E-state index is 12.8. The fourth-order valence-corrected chi connectivity index (χ4v) is 3.06. The van der Waals surface area contributed by atoms with E-state index in [4.69, 9.17) is 4.74 Å². The number of hydrogen-bond donors (Lipinski definition) is 0. The molecule has 1 aliphatic rings. The van der Waals surface area contributed by atoms with E-state index in [1.54, 1.807) is 4.68 Å². The van der Waals surface area contributed by atoms with E-state index in [9.17, 15) is 9.59 Å². The van der Waals surface area contributed by atoms with Crippen molar-refractivity contribution in [2.24, 2.45) is 0 Å². The van der Waals surface area contributed by atoms with Crippen molar-refractivity contribution < 1.29 is 14.3 Å². The third-order valence-corrected chi connectivity index (χ3v) is 4.11. The fourth-order valence-electron chi connectivity index (χ4n) is 3.06. The molecule has 0 bridgehead atoms. The summed E-state index contributed by atoms with van der Waals surface area (Å²) in [6.45, 7) is 3.89. The van der Waals surface area contributed by atoms with Crippen molar-refractivity contribution >= 4 is 17.6 Å². The van der Waals surface area contributed by atoms with Crippen molar-refractivity contribution in [2.75, 3.05) is 12.0 Å². The number of anilines is 1. The predicted octanol–water partition coefficient (Wildman–Crippen LogP) is 1.63. The third-order valence-electron chi connectivity index (χ3n) is 4.11. The number of aromatic nitrogens is 2. The van der Waals surface area contributed by atoms with Crippen molar-refractivity contribution in [2.45, 2.75) is 32.9 Å². The second kappa shape index (κ2) is 5.87. The first-order valence-electron chi connectivity index (χ1n) is 7.50. The number of carbonyl (C=O) groups excluding carboxylic acids is 2. The Hall–Kier alpha value is -2.63. The van der Waals surface area contributed by atoms with Gasteiger partial charge in [0, 0.05) is 17.8 Å². The van der Waals surface area contributed by atoms with Crippen LogP contribution in [0.1, 0.15) is 17.0 Å². The van der Waals surface area contributed by atoms with Crippen molar-refractivity contribution in [1.82, 2.24) is 9.78 Å². The molecule has 6 nitrogen and oxygen atoms in total. The van der Waals surface area contributed by atoms with E-state index in [2.05, 4.69) is 5.10 Å². The van der Waals surface area contributed by atoms with Gasteiger partial charge < -0.3 is 4.74 Å². The van der Waals surface area contributed by atoms with Crippen LogP contribution in [0.5, 0.6) is 0 Å². The van der Waals surface area contributed by atoms with Crippen LogP contribution in [0.25, 0.3) is 0 Å². The maximum atomic E-state index is 12.8. The molecule has 3 rings (SSSR count). The number of rotatable bonds is 3. The quantitative estimate of drug-likeness (QED) is 0.808. The second-order valence-electron chi connectivity index (χ2n) is 5.72. The summed E-state index contributed by atoms with van der Waals surface area (Å²) >= 11 is 0. The Morgan fingerprint density at radius 1 is 1.30 bits per heavy atom. The lowest BCUT2D eigenvalue weighted by Gasteiger charge is -2.24. The minimum absolute atomic E-state index is 0.0987. The molecule has 0 saturated heterocycles. The molecule has 1 aliphatic heterocycles. The molecule has 0 aliphatic carbocycles. The van der Waals surface area contributed by atoms with Gasteiger partial charge in [0.15, 0.2) is 0 Å². The molecule has 120 valence electrons. The Kier molecular flexibility index (Phi) is 3.90. The van der Waals surface area contributed by atoms with Gasteiger partial charge in [0.25, 0.3) is 0 Å². The Balaban J connectivity index is 1.92. The summed E-state index contributed by atoms with van der Waals surface area (Å²) in [6, 6.07) is 8.87. The largest absolute Gasteiger partial charge is 0.467 e. The molecule has 0 spiro atoms. The Morgan fingerprint density at radius 2 is 2.04 bits per heavy atom. The normalized spacial score (nSPS) is 16.3. The van der Waals surface area contributed by atoms with Gasteiger partial charge in [0.1, 0.15) is 12.6 Å². The molecule has 0 unspecified atom stereocenters. The number of aryl methyl sites for hydroxylation is 2. The van der Waals surface area contributed by atoms with Crippen LogP contribution in [-0.2, 0) is 27.3 Å². The molecule has 0 N–H and O–H groups in total. The topological polar surface area (TPSA) is 64.4 Å². The first kappa shape index (κ1) is 15.3. The number of nitrogens with zero attached hydrogens (tertiary/aromatic N) is 3. The average Bonchev–Trinajstić information content (AvgIpc) is 3.06. The maximum Gasteiger partial charge on any atom is 0.329 e. The molecule has 1 aromatic carbocycles. The molecular weight excluding hydrogens is 294 g/mol. The molecule has 2 heterocycles. The van der Waals surface area contributed by atoms with Crippen molar-refractivity contribution in [1.29, 1.82) is 0 Å². The fraction of sp³-hybridized carbons (Fsp3) is 0.353. The van der Waals surface area contributed by atoms with Gasteiger partial charge in [-0.1, -0.05) is 18.2 Å². The zero-order valence-corrected chi connectivity index (χ0v) is 13.4. The van der Waals surface area contributed by atoms with Crippen molar-refractivity contribution in [3.05, 3.63) is 47.3 Å².